The van der Waals surface area contributed by atoms with Crippen LogP contribution in [-0.2, 0) is 16.0 Å². The summed E-state index contributed by atoms with van der Waals surface area (Å²) in [6.07, 6.45) is 6.20. The Morgan fingerprint density at radius 1 is 1.30 bits per heavy atom. The number of fused-ring (bicyclic) bond motifs is 1. The van der Waals surface area contributed by atoms with E-state index in [1.54, 1.807) is 0 Å². The number of carbonyl (C=O) groups excluding carboxylic acids is 2. The highest BCUT2D eigenvalue weighted by Crippen LogP contribution is 2.27. The number of amides is 2. The first-order chi connectivity index (χ1) is 11.2. The summed E-state index contributed by atoms with van der Waals surface area (Å²) in [5, 5.41) is 15.0. The molecule has 0 saturated carbocycles. The Morgan fingerprint density at radius 3 is 2.91 bits per heavy atom. The topological polar surface area (TPSA) is 78.4 Å². The van der Waals surface area contributed by atoms with Gasteiger partial charge in [-0.3, -0.25) is 9.59 Å². The van der Waals surface area contributed by atoms with Crippen molar-refractivity contribution in [3.63, 3.8) is 0 Å². The van der Waals surface area contributed by atoms with Gasteiger partial charge in [-0.1, -0.05) is 30.4 Å². The van der Waals surface area contributed by atoms with Gasteiger partial charge in [-0.05, 0) is 30.9 Å². The Kier molecular flexibility index (Phi) is 4.76. The molecule has 0 spiro atoms. The molecule has 3 rings (SSSR count). The molecule has 5 nitrogen and oxygen atoms in total. The molecule has 0 bridgehead atoms. The lowest BCUT2D eigenvalue weighted by atomic mass is 9.89. The van der Waals surface area contributed by atoms with Gasteiger partial charge in [0.25, 0.3) is 0 Å². The Morgan fingerprint density at radius 2 is 2.13 bits per heavy atom. The number of hydrogen-bond acceptors (Lipinski definition) is 3. The Labute approximate surface area is 135 Å². The lowest BCUT2D eigenvalue weighted by Crippen LogP contribution is -2.35. The predicted octanol–water partition coefficient (Wildman–Crippen LogP) is 1.63. The summed E-state index contributed by atoms with van der Waals surface area (Å²) < 4.78 is 0. The van der Waals surface area contributed by atoms with Crippen molar-refractivity contribution in [1.29, 1.82) is 0 Å². The van der Waals surface area contributed by atoms with E-state index in [0.717, 1.165) is 17.7 Å². The lowest BCUT2D eigenvalue weighted by Gasteiger charge is -2.24. The minimum absolute atomic E-state index is 0.000517. The highest BCUT2D eigenvalue weighted by Gasteiger charge is 2.27. The number of nitrogens with one attached hydrogen (secondary N) is 2. The van der Waals surface area contributed by atoms with Crippen molar-refractivity contribution in [2.24, 2.45) is 11.8 Å². The monoisotopic (exact) mass is 314 g/mol. The standard InChI is InChI=1S/C18H22N2O3/c21-11-12-5-7-15(9-12)19-17(22)8-6-14-10-13-3-1-2-4-16(13)20-18(14)23/h1-5,7,12,14-15,21H,6,8-11H2,(H,19,22)(H,20,23)/t12-,14?,15+/m0/s1. The van der Waals surface area contributed by atoms with Crippen molar-refractivity contribution < 1.29 is 14.7 Å². The molecule has 2 amide bonds. The highest BCUT2D eigenvalue weighted by atomic mass is 16.3. The summed E-state index contributed by atoms with van der Waals surface area (Å²) in [5.74, 6) is -0.0524. The fourth-order valence-electron chi connectivity index (χ4n) is 3.25. The average Bonchev–Trinajstić information content (AvgIpc) is 3.00. The number of aliphatic hydroxyl groups is 1. The predicted molar refractivity (Wildman–Crippen MR) is 87.8 cm³/mol. The van der Waals surface area contributed by atoms with E-state index in [-0.39, 0.29) is 36.3 Å². The third-order valence-electron chi connectivity index (χ3n) is 4.59. The quantitative estimate of drug-likeness (QED) is 0.723. The molecule has 1 aliphatic carbocycles. The number of carbonyl (C=O) groups is 2. The second kappa shape index (κ2) is 6.96. The molecule has 1 aromatic carbocycles. The molecule has 1 unspecified atom stereocenters. The Hall–Kier alpha value is -2.14. The molecule has 5 heteroatoms. The molecule has 122 valence electrons. The SMILES string of the molecule is O=C(CCC1Cc2ccccc2NC1=O)N[C@@H]1C=C[C@H](CO)C1. The van der Waals surface area contributed by atoms with E-state index in [4.69, 9.17) is 5.11 Å². The summed E-state index contributed by atoms with van der Waals surface area (Å²) in [7, 11) is 0. The molecule has 3 N–H and O–H groups in total. The first-order valence-corrected chi connectivity index (χ1v) is 8.13. The molecular weight excluding hydrogens is 292 g/mol. The van der Waals surface area contributed by atoms with Crippen LogP contribution in [0, 0.1) is 11.8 Å². The fourth-order valence-corrected chi connectivity index (χ4v) is 3.25. The molecule has 1 heterocycles. The van der Waals surface area contributed by atoms with Gasteiger partial charge < -0.3 is 15.7 Å². The van der Waals surface area contributed by atoms with Gasteiger partial charge in [0.15, 0.2) is 0 Å². The van der Waals surface area contributed by atoms with Gasteiger partial charge in [0.2, 0.25) is 11.8 Å². The molecule has 0 aromatic heterocycles. The van der Waals surface area contributed by atoms with Crippen LogP contribution < -0.4 is 10.6 Å². The van der Waals surface area contributed by atoms with Crippen LogP contribution in [-0.4, -0.2) is 29.6 Å². The van der Waals surface area contributed by atoms with E-state index in [1.807, 2.05) is 36.4 Å². The third kappa shape index (κ3) is 3.79. The number of hydrogen-bond donors (Lipinski definition) is 3. The minimum atomic E-state index is -0.153. The molecule has 2 aliphatic rings. The van der Waals surface area contributed by atoms with Gasteiger partial charge in [0.1, 0.15) is 0 Å². The maximum absolute atomic E-state index is 12.1. The zero-order valence-electron chi connectivity index (χ0n) is 13.0. The summed E-state index contributed by atoms with van der Waals surface area (Å²) >= 11 is 0. The summed E-state index contributed by atoms with van der Waals surface area (Å²) in [6.45, 7) is 0.116. The smallest absolute Gasteiger partial charge is 0.227 e. The van der Waals surface area contributed by atoms with E-state index < -0.39 is 0 Å². The first-order valence-electron chi connectivity index (χ1n) is 8.13. The zero-order valence-corrected chi connectivity index (χ0v) is 13.0. The molecule has 0 radical (unpaired) electrons. The van der Waals surface area contributed by atoms with Gasteiger partial charge in [0, 0.05) is 36.6 Å². The fraction of sp³-hybridized carbons (Fsp3) is 0.444. The summed E-state index contributed by atoms with van der Waals surface area (Å²) in [5.41, 5.74) is 2.01. The Balaban J connectivity index is 1.48. The number of rotatable bonds is 5. The lowest BCUT2D eigenvalue weighted by molar-refractivity contribution is -0.123. The number of benzene rings is 1. The second-order valence-electron chi connectivity index (χ2n) is 6.32. The molecule has 1 aliphatic heterocycles. The molecule has 3 atom stereocenters. The number of aliphatic hydroxyl groups excluding tert-OH is 1. The summed E-state index contributed by atoms with van der Waals surface area (Å²) in [4.78, 5) is 24.2. The van der Waals surface area contributed by atoms with Crippen LogP contribution >= 0.6 is 0 Å². The van der Waals surface area contributed by atoms with Crippen LogP contribution in [0.2, 0.25) is 0 Å². The third-order valence-corrected chi connectivity index (χ3v) is 4.59. The van der Waals surface area contributed by atoms with Gasteiger partial charge in [0.05, 0.1) is 0 Å². The van der Waals surface area contributed by atoms with Crippen LogP contribution in [0.1, 0.15) is 24.8 Å². The van der Waals surface area contributed by atoms with Crippen LogP contribution in [0.15, 0.2) is 36.4 Å². The Bertz CT molecular complexity index is 626. The molecule has 0 saturated heterocycles. The van der Waals surface area contributed by atoms with Gasteiger partial charge in [-0.2, -0.15) is 0 Å². The van der Waals surface area contributed by atoms with Crippen molar-refractivity contribution in [1.82, 2.24) is 5.32 Å². The first kappa shape index (κ1) is 15.7. The van der Waals surface area contributed by atoms with Crippen LogP contribution in [0.25, 0.3) is 0 Å². The molecule has 23 heavy (non-hydrogen) atoms. The number of para-hydroxylation sites is 1. The van der Waals surface area contributed by atoms with E-state index in [9.17, 15) is 9.59 Å². The minimum Gasteiger partial charge on any atom is -0.396 e. The van der Waals surface area contributed by atoms with Crippen molar-refractivity contribution in [2.45, 2.75) is 31.7 Å². The van der Waals surface area contributed by atoms with E-state index in [0.29, 0.717) is 19.3 Å². The van der Waals surface area contributed by atoms with Crippen LogP contribution in [0.5, 0.6) is 0 Å². The van der Waals surface area contributed by atoms with Crippen molar-refractivity contribution in [2.75, 3.05) is 11.9 Å². The highest BCUT2D eigenvalue weighted by molar-refractivity contribution is 5.96. The van der Waals surface area contributed by atoms with Crippen molar-refractivity contribution >= 4 is 17.5 Å². The average molecular weight is 314 g/mol. The van der Waals surface area contributed by atoms with Gasteiger partial charge in [-0.15, -0.1) is 0 Å². The number of anilines is 1. The molecule has 0 fully saturated rings. The normalized spacial score (nSPS) is 25.8. The molecule has 1 aromatic rings. The maximum atomic E-state index is 12.1. The summed E-state index contributed by atoms with van der Waals surface area (Å²) in [6, 6.07) is 7.78. The second-order valence-corrected chi connectivity index (χ2v) is 6.32. The maximum Gasteiger partial charge on any atom is 0.227 e. The van der Waals surface area contributed by atoms with Crippen LogP contribution in [0.3, 0.4) is 0 Å². The van der Waals surface area contributed by atoms with Crippen molar-refractivity contribution in [3.05, 3.63) is 42.0 Å². The van der Waals surface area contributed by atoms with E-state index in [2.05, 4.69) is 10.6 Å². The van der Waals surface area contributed by atoms with Crippen molar-refractivity contribution in [3.8, 4) is 0 Å². The van der Waals surface area contributed by atoms with Gasteiger partial charge in [-0.25, -0.2) is 0 Å². The zero-order chi connectivity index (χ0) is 16.2. The van der Waals surface area contributed by atoms with E-state index in [1.165, 1.54) is 0 Å². The van der Waals surface area contributed by atoms with Crippen LogP contribution in [0.4, 0.5) is 5.69 Å². The van der Waals surface area contributed by atoms with E-state index >= 15 is 0 Å². The molecular formula is C18H22N2O3. The largest absolute Gasteiger partial charge is 0.396 e. The van der Waals surface area contributed by atoms with Gasteiger partial charge >= 0.3 is 0 Å².